The van der Waals surface area contributed by atoms with Crippen molar-refractivity contribution < 1.29 is 4.42 Å². The average molecular weight is 357 g/mol. The molecule has 20 heavy (non-hydrogen) atoms. The van der Waals surface area contributed by atoms with Crippen LogP contribution in [0.15, 0.2) is 39.2 Å². The lowest BCUT2D eigenvalue weighted by molar-refractivity contribution is 0.411. The summed E-state index contributed by atoms with van der Waals surface area (Å²) in [6.07, 6.45) is 2.11. The van der Waals surface area contributed by atoms with E-state index >= 15 is 0 Å². The molecule has 1 unspecified atom stereocenters. The zero-order valence-corrected chi connectivity index (χ0v) is 14.1. The first-order valence-electron chi connectivity index (χ1n) is 6.94. The van der Waals surface area contributed by atoms with Crippen molar-refractivity contribution in [2.75, 3.05) is 6.54 Å². The molecule has 1 atom stereocenters. The molecule has 1 aromatic heterocycles. The van der Waals surface area contributed by atoms with Crippen LogP contribution >= 0.6 is 27.5 Å². The van der Waals surface area contributed by atoms with Gasteiger partial charge in [0.2, 0.25) is 0 Å². The van der Waals surface area contributed by atoms with Crippen molar-refractivity contribution in [3.63, 3.8) is 0 Å². The van der Waals surface area contributed by atoms with E-state index in [0.717, 1.165) is 40.9 Å². The van der Waals surface area contributed by atoms with Gasteiger partial charge in [-0.25, -0.2) is 0 Å². The van der Waals surface area contributed by atoms with Gasteiger partial charge < -0.3 is 9.73 Å². The van der Waals surface area contributed by atoms with Gasteiger partial charge in [0.15, 0.2) is 0 Å². The molecule has 0 amide bonds. The molecule has 4 heteroatoms. The molecular formula is C16H19BrClNO. The van der Waals surface area contributed by atoms with Crippen molar-refractivity contribution in [3.05, 3.63) is 45.6 Å². The Morgan fingerprint density at radius 3 is 2.75 bits per heavy atom. The maximum Gasteiger partial charge on any atom is 0.135 e. The zero-order chi connectivity index (χ0) is 14.5. The van der Waals surface area contributed by atoms with Crippen LogP contribution in [0.3, 0.4) is 0 Å². The normalized spacial score (nSPS) is 12.6. The first kappa shape index (κ1) is 15.6. The highest BCUT2D eigenvalue weighted by molar-refractivity contribution is 9.10. The summed E-state index contributed by atoms with van der Waals surface area (Å²) in [5, 5.41) is 4.19. The second kappa shape index (κ2) is 7.30. The van der Waals surface area contributed by atoms with Crippen molar-refractivity contribution in [1.82, 2.24) is 5.32 Å². The van der Waals surface area contributed by atoms with Gasteiger partial charge in [0.1, 0.15) is 11.5 Å². The third-order valence-electron chi connectivity index (χ3n) is 3.21. The molecule has 2 rings (SSSR count). The lowest BCUT2D eigenvalue weighted by Crippen LogP contribution is -2.20. The fraction of sp³-hybridized carbons (Fsp3) is 0.375. The Bertz CT molecular complexity index is 567. The van der Waals surface area contributed by atoms with Crippen molar-refractivity contribution >= 4 is 27.5 Å². The lowest BCUT2D eigenvalue weighted by Gasteiger charge is -2.13. The summed E-state index contributed by atoms with van der Waals surface area (Å²) in [4.78, 5) is 0. The average Bonchev–Trinajstić information content (AvgIpc) is 2.92. The maximum absolute atomic E-state index is 6.24. The van der Waals surface area contributed by atoms with Gasteiger partial charge in [-0.15, -0.1) is 0 Å². The molecule has 1 aromatic carbocycles. The van der Waals surface area contributed by atoms with E-state index in [1.165, 1.54) is 0 Å². The molecule has 0 spiro atoms. The van der Waals surface area contributed by atoms with E-state index in [2.05, 4.69) is 35.1 Å². The third-order valence-corrected chi connectivity index (χ3v) is 4.04. The van der Waals surface area contributed by atoms with Crippen LogP contribution in [-0.2, 0) is 0 Å². The fourth-order valence-corrected chi connectivity index (χ4v) is 2.71. The van der Waals surface area contributed by atoms with Crippen LogP contribution in [0, 0.1) is 0 Å². The SMILES string of the molecule is CCCNC(CC)c1ccc(-c2cc(Br)ccc2Cl)o1. The van der Waals surface area contributed by atoms with E-state index in [0.29, 0.717) is 5.02 Å². The Hall–Kier alpha value is -0.770. The Balaban J connectivity index is 2.25. The number of hydrogen-bond donors (Lipinski definition) is 1. The van der Waals surface area contributed by atoms with Crippen molar-refractivity contribution in [2.24, 2.45) is 0 Å². The van der Waals surface area contributed by atoms with Crippen LogP contribution in [0.2, 0.25) is 5.02 Å². The van der Waals surface area contributed by atoms with E-state index < -0.39 is 0 Å². The van der Waals surface area contributed by atoms with Gasteiger partial charge >= 0.3 is 0 Å². The molecule has 0 bridgehead atoms. The summed E-state index contributed by atoms with van der Waals surface area (Å²) in [6.45, 7) is 5.31. The first-order valence-corrected chi connectivity index (χ1v) is 8.11. The largest absolute Gasteiger partial charge is 0.459 e. The smallest absolute Gasteiger partial charge is 0.135 e. The topological polar surface area (TPSA) is 25.2 Å². The van der Waals surface area contributed by atoms with Crippen LogP contribution in [0.5, 0.6) is 0 Å². The predicted molar refractivity (Wildman–Crippen MR) is 88.2 cm³/mol. The van der Waals surface area contributed by atoms with Crippen molar-refractivity contribution in [1.29, 1.82) is 0 Å². The Kier molecular flexibility index (Phi) is 5.70. The quantitative estimate of drug-likeness (QED) is 0.706. The molecule has 0 aliphatic heterocycles. The van der Waals surface area contributed by atoms with Crippen LogP contribution in [0.25, 0.3) is 11.3 Å². The number of nitrogens with one attached hydrogen (secondary N) is 1. The molecule has 108 valence electrons. The summed E-state index contributed by atoms with van der Waals surface area (Å²) >= 11 is 9.71. The number of halogens is 2. The summed E-state index contributed by atoms with van der Waals surface area (Å²) in [7, 11) is 0. The molecule has 0 saturated carbocycles. The highest BCUT2D eigenvalue weighted by atomic mass is 79.9. The summed E-state index contributed by atoms with van der Waals surface area (Å²) in [5.74, 6) is 1.77. The van der Waals surface area contributed by atoms with Crippen LogP contribution in [0.4, 0.5) is 0 Å². The van der Waals surface area contributed by atoms with Crippen molar-refractivity contribution in [3.8, 4) is 11.3 Å². The third kappa shape index (κ3) is 3.66. The van der Waals surface area contributed by atoms with Gasteiger partial charge in [-0.1, -0.05) is 41.4 Å². The highest BCUT2D eigenvalue weighted by Gasteiger charge is 2.15. The van der Waals surface area contributed by atoms with Gasteiger partial charge in [0, 0.05) is 10.0 Å². The number of hydrogen-bond acceptors (Lipinski definition) is 2. The van der Waals surface area contributed by atoms with Gasteiger partial charge in [-0.2, -0.15) is 0 Å². The number of rotatable bonds is 6. The van der Waals surface area contributed by atoms with Crippen LogP contribution < -0.4 is 5.32 Å². The molecular weight excluding hydrogens is 338 g/mol. The molecule has 2 aromatic rings. The molecule has 0 saturated heterocycles. The van der Waals surface area contributed by atoms with E-state index in [9.17, 15) is 0 Å². The monoisotopic (exact) mass is 355 g/mol. The minimum Gasteiger partial charge on any atom is -0.459 e. The molecule has 0 aliphatic carbocycles. The standard InChI is InChI=1S/C16H19BrClNO/c1-3-9-19-14(4-2)16-8-7-15(20-16)12-10-11(17)5-6-13(12)18/h5-8,10,14,19H,3-4,9H2,1-2H3. The second-order valence-corrected chi connectivity index (χ2v) is 6.06. The molecule has 0 radical (unpaired) electrons. The van der Waals surface area contributed by atoms with Gasteiger partial charge in [0.05, 0.1) is 11.1 Å². The zero-order valence-electron chi connectivity index (χ0n) is 11.7. The highest BCUT2D eigenvalue weighted by Crippen LogP contribution is 2.33. The first-order chi connectivity index (χ1) is 9.65. The predicted octanol–water partition coefficient (Wildman–Crippen LogP) is 5.81. The Morgan fingerprint density at radius 1 is 1.25 bits per heavy atom. The van der Waals surface area contributed by atoms with Gasteiger partial charge in [0.25, 0.3) is 0 Å². The minimum atomic E-state index is 0.259. The molecule has 0 aliphatic rings. The van der Waals surface area contributed by atoms with E-state index in [4.69, 9.17) is 16.0 Å². The van der Waals surface area contributed by atoms with E-state index in [-0.39, 0.29) is 6.04 Å². The lowest BCUT2D eigenvalue weighted by atomic mass is 10.1. The minimum absolute atomic E-state index is 0.259. The molecule has 0 fully saturated rings. The molecule has 2 nitrogen and oxygen atoms in total. The summed E-state index contributed by atoms with van der Waals surface area (Å²) in [5.41, 5.74) is 0.914. The second-order valence-electron chi connectivity index (χ2n) is 4.74. The maximum atomic E-state index is 6.24. The number of benzene rings is 1. The molecule has 1 N–H and O–H groups in total. The van der Waals surface area contributed by atoms with Crippen LogP contribution in [0.1, 0.15) is 38.5 Å². The van der Waals surface area contributed by atoms with Crippen molar-refractivity contribution in [2.45, 2.75) is 32.7 Å². The fourth-order valence-electron chi connectivity index (χ4n) is 2.14. The molecule has 1 heterocycles. The number of furan rings is 1. The summed E-state index contributed by atoms with van der Waals surface area (Å²) < 4.78 is 6.98. The summed E-state index contributed by atoms with van der Waals surface area (Å²) in [6, 6.07) is 10.0. The van der Waals surface area contributed by atoms with E-state index in [1.54, 1.807) is 0 Å². The Morgan fingerprint density at radius 2 is 2.05 bits per heavy atom. The van der Waals surface area contributed by atoms with Gasteiger partial charge in [-0.3, -0.25) is 0 Å². The van der Waals surface area contributed by atoms with E-state index in [1.807, 2.05) is 30.3 Å². The van der Waals surface area contributed by atoms with Crippen LogP contribution in [-0.4, -0.2) is 6.54 Å². The van der Waals surface area contributed by atoms with Gasteiger partial charge in [-0.05, 0) is 49.7 Å². The Labute approximate surface area is 133 Å².